The number of carbonyl (C=O) groups excluding carboxylic acids is 1. The van der Waals surface area contributed by atoms with Crippen molar-refractivity contribution in [2.75, 3.05) is 18.1 Å². The van der Waals surface area contributed by atoms with Crippen LogP contribution < -0.4 is 10.4 Å². The van der Waals surface area contributed by atoms with Crippen LogP contribution in [0.2, 0.25) is 15.1 Å². The molecular formula is C23H26Cl4N4O. The SMILES string of the molecule is C[C@@H]1C(C(=O)NN2CCCCCC2)=NN(c2ccc(Cl)cc2Cl)[C@@H]1c1ccc(Cl)cc1.Cl. The van der Waals surface area contributed by atoms with Crippen LogP contribution in [0.5, 0.6) is 0 Å². The number of nitrogens with zero attached hydrogens (tertiary/aromatic N) is 3. The lowest BCUT2D eigenvalue weighted by Crippen LogP contribution is -2.46. The average Bonchev–Trinajstić information content (AvgIpc) is 2.89. The summed E-state index contributed by atoms with van der Waals surface area (Å²) in [7, 11) is 0. The average molecular weight is 516 g/mol. The number of anilines is 1. The van der Waals surface area contributed by atoms with Crippen LogP contribution in [0.3, 0.4) is 0 Å². The number of halogens is 4. The number of hydrogen-bond acceptors (Lipinski definition) is 4. The molecule has 9 heteroatoms. The maximum Gasteiger partial charge on any atom is 0.282 e. The molecular weight excluding hydrogens is 490 g/mol. The number of carbonyl (C=O) groups is 1. The normalized spacial score (nSPS) is 21.5. The molecule has 5 nitrogen and oxygen atoms in total. The highest BCUT2D eigenvalue weighted by Gasteiger charge is 2.40. The van der Waals surface area contributed by atoms with Crippen molar-refractivity contribution in [3.8, 4) is 0 Å². The summed E-state index contributed by atoms with van der Waals surface area (Å²) in [5.41, 5.74) is 5.26. The van der Waals surface area contributed by atoms with E-state index in [9.17, 15) is 4.79 Å². The summed E-state index contributed by atoms with van der Waals surface area (Å²) in [6.45, 7) is 3.74. The van der Waals surface area contributed by atoms with Gasteiger partial charge < -0.3 is 0 Å². The zero-order valence-corrected chi connectivity index (χ0v) is 20.8. The molecule has 0 aromatic heterocycles. The van der Waals surface area contributed by atoms with Crippen molar-refractivity contribution < 1.29 is 4.79 Å². The Balaban J connectivity index is 0.00000289. The Morgan fingerprint density at radius 2 is 1.59 bits per heavy atom. The van der Waals surface area contributed by atoms with E-state index in [1.54, 1.807) is 12.1 Å². The number of hydrazone groups is 1. The highest BCUT2D eigenvalue weighted by molar-refractivity contribution is 6.41. The van der Waals surface area contributed by atoms with Crippen molar-refractivity contribution in [2.24, 2.45) is 11.0 Å². The van der Waals surface area contributed by atoms with Gasteiger partial charge in [-0.15, -0.1) is 12.4 Å². The molecule has 1 amide bonds. The van der Waals surface area contributed by atoms with Gasteiger partial charge in [0.2, 0.25) is 0 Å². The number of rotatable bonds is 4. The minimum atomic E-state index is -0.194. The molecule has 32 heavy (non-hydrogen) atoms. The first-order valence-corrected chi connectivity index (χ1v) is 11.7. The Morgan fingerprint density at radius 1 is 0.969 bits per heavy atom. The van der Waals surface area contributed by atoms with E-state index in [2.05, 4.69) is 5.43 Å². The fourth-order valence-corrected chi connectivity index (χ4v) is 4.85. The Morgan fingerprint density at radius 3 is 2.22 bits per heavy atom. The van der Waals surface area contributed by atoms with Crippen molar-refractivity contribution in [1.82, 2.24) is 10.4 Å². The minimum absolute atomic E-state index is 0. The molecule has 0 aliphatic carbocycles. The maximum atomic E-state index is 13.2. The lowest BCUT2D eigenvalue weighted by molar-refractivity contribution is -0.119. The predicted octanol–water partition coefficient (Wildman–Crippen LogP) is 6.53. The molecule has 1 saturated heterocycles. The number of benzene rings is 2. The van der Waals surface area contributed by atoms with Gasteiger partial charge in [0.15, 0.2) is 0 Å². The van der Waals surface area contributed by atoms with E-state index in [1.807, 2.05) is 47.3 Å². The fourth-order valence-electron chi connectivity index (χ4n) is 4.23. The van der Waals surface area contributed by atoms with Crippen molar-refractivity contribution in [3.63, 3.8) is 0 Å². The lowest BCUT2D eigenvalue weighted by Gasteiger charge is -2.27. The number of nitrogens with one attached hydrogen (secondary N) is 1. The van der Waals surface area contributed by atoms with Crippen LogP contribution in [0.4, 0.5) is 5.69 Å². The molecule has 0 spiro atoms. The largest absolute Gasteiger partial charge is 0.284 e. The van der Waals surface area contributed by atoms with Gasteiger partial charge in [-0.1, -0.05) is 66.7 Å². The molecule has 0 unspecified atom stereocenters. The molecule has 4 rings (SSSR count). The van der Waals surface area contributed by atoms with Gasteiger partial charge in [-0.05, 0) is 48.7 Å². The smallest absolute Gasteiger partial charge is 0.282 e. The van der Waals surface area contributed by atoms with E-state index < -0.39 is 0 Å². The standard InChI is InChI=1S/C23H25Cl3N4O.ClH/c1-15-21(23(31)28-29-12-4-2-3-5-13-29)27-30(20-11-10-18(25)14-19(20)26)22(15)16-6-8-17(24)9-7-16;/h6-11,14-15,22H,2-5,12-13H2,1H3,(H,28,31);1H/t15-,22+;/m1./s1. The van der Waals surface area contributed by atoms with Gasteiger partial charge in [-0.2, -0.15) is 5.10 Å². The molecule has 2 aromatic carbocycles. The van der Waals surface area contributed by atoms with E-state index >= 15 is 0 Å². The van der Waals surface area contributed by atoms with E-state index in [1.165, 1.54) is 12.8 Å². The molecule has 1 N–H and O–H groups in total. The summed E-state index contributed by atoms with van der Waals surface area (Å²) < 4.78 is 0. The van der Waals surface area contributed by atoms with Gasteiger partial charge >= 0.3 is 0 Å². The van der Waals surface area contributed by atoms with E-state index in [0.29, 0.717) is 26.5 Å². The van der Waals surface area contributed by atoms with Crippen LogP contribution in [-0.2, 0) is 4.79 Å². The summed E-state index contributed by atoms with van der Waals surface area (Å²) in [6.07, 6.45) is 4.57. The Bertz CT molecular complexity index is 974. The highest BCUT2D eigenvalue weighted by atomic mass is 35.5. The molecule has 0 saturated carbocycles. The minimum Gasteiger partial charge on any atom is -0.284 e. The Hall–Kier alpha value is -1.50. The fraction of sp³-hybridized carbons (Fsp3) is 0.391. The van der Waals surface area contributed by atoms with E-state index in [-0.39, 0.29) is 30.3 Å². The first kappa shape index (κ1) is 25.1. The van der Waals surface area contributed by atoms with Gasteiger partial charge in [-0.25, -0.2) is 5.01 Å². The third-order valence-corrected chi connectivity index (χ3v) is 6.64. The van der Waals surface area contributed by atoms with Gasteiger partial charge in [0, 0.05) is 29.1 Å². The second-order valence-electron chi connectivity index (χ2n) is 8.05. The van der Waals surface area contributed by atoms with Crippen LogP contribution in [0.1, 0.15) is 44.2 Å². The predicted molar refractivity (Wildman–Crippen MR) is 135 cm³/mol. The van der Waals surface area contributed by atoms with E-state index in [0.717, 1.165) is 31.5 Å². The topological polar surface area (TPSA) is 47.9 Å². The second kappa shape index (κ2) is 11.1. The van der Waals surface area contributed by atoms with Crippen LogP contribution in [-0.4, -0.2) is 29.7 Å². The summed E-state index contributed by atoms with van der Waals surface area (Å²) in [5.74, 6) is -0.319. The molecule has 0 bridgehead atoms. The molecule has 2 aliphatic heterocycles. The van der Waals surface area contributed by atoms with Crippen LogP contribution in [0.25, 0.3) is 0 Å². The summed E-state index contributed by atoms with van der Waals surface area (Å²) in [5, 5.41) is 10.3. The van der Waals surface area contributed by atoms with Crippen LogP contribution in [0, 0.1) is 5.92 Å². The quantitative estimate of drug-likeness (QED) is 0.503. The molecule has 172 valence electrons. The van der Waals surface area contributed by atoms with Crippen molar-refractivity contribution >= 4 is 64.5 Å². The van der Waals surface area contributed by atoms with Crippen LogP contribution >= 0.6 is 47.2 Å². The number of hydrogen-bond donors (Lipinski definition) is 1. The lowest BCUT2D eigenvalue weighted by atomic mass is 9.91. The second-order valence-corrected chi connectivity index (χ2v) is 9.33. The van der Waals surface area contributed by atoms with E-state index in [4.69, 9.17) is 39.9 Å². The Kier molecular flexibility index (Phi) is 8.70. The van der Waals surface area contributed by atoms with Gasteiger partial charge in [0.05, 0.1) is 16.8 Å². The zero-order chi connectivity index (χ0) is 22.0. The molecule has 2 atom stereocenters. The monoisotopic (exact) mass is 514 g/mol. The van der Waals surface area contributed by atoms with Gasteiger partial charge in [0.25, 0.3) is 5.91 Å². The molecule has 2 aliphatic rings. The molecule has 2 aromatic rings. The number of amides is 1. The Labute approximate surface area is 210 Å². The molecule has 0 radical (unpaired) electrons. The van der Waals surface area contributed by atoms with Crippen LogP contribution in [0.15, 0.2) is 47.6 Å². The highest BCUT2D eigenvalue weighted by Crippen LogP contribution is 2.42. The van der Waals surface area contributed by atoms with Gasteiger partial charge in [0.1, 0.15) is 5.71 Å². The third kappa shape index (κ3) is 5.52. The van der Waals surface area contributed by atoms with Crippen molar-refractivity contribution in [2.45, 2.75) is 38.6 Å². The maximum absolute atomic E-state index is 13.2. The third-order valence-electron chi connectivity index (χ3n) is 5.85. The zero-order valence-electron chi connectivity index (χ0n) is 17.7. The van der Waals surface area contributed by atoms with Gasteiger partial charge in [-0.3, -0.25) is 15.2 Å². The summed E-state index contributed by atoms with van der Waals surface area (Å²) in [6, 6.07) is 12.7. The number of hydrazine groups is 1. The first-order chi connectivity index (χ1) is 14.9. The first-order valence-electron chi connectivity index (χ1n) is 10.6. The van der Waals surface area contributed by atoms with Crippen molar-refractivity contribution in [3.05, 3.63) is 63.1 Å². The molecule has 2 heterocycles. The summed E-state index contributed by atoms with van der Waals surface area (Å²) in [4.78, 5) is 13.2. The summed E-state index contributed by atoms with van der Waals surface area (Å²) >= 11 is 18.7. The molecule has 1 fully saturated rings. The van der Waals surface area contributed by atoms with Crippen molar-refractivity contribution in [1.29, 1.82) is 0 Å².